The van der Waals surface area contributed by atoms with Crippen LogP contribution in [0.25, 0.3) is 0 Å². The van der Waals surface area contributed by atoms with Gasteiger partial charge in [-0.15, -0.1) is 0 Å². The maximum Gasteiger partial charge on any atom is 0.242 e. The summed E-state index contributed by atoms with van der Waals surface area (Å²) < 4.78 is 0. The summed E-state index contributed by atoms with van der Waals surface area (Å²) >= 11 is 0. The third-order valence-electron chi connectivity index (χ3n) is 5.73. The minimum atomic E-state index is -0.713. The number of hydrogen-bond acceptors (Lipinski definition) is 4. The van der Waals surface area contributed by atoms with E-state index in [1.54, 1.807) is 0 Å². The maximum absolute atomic E-state index is 13.5. The molecule has 3 rings (SSSR count). The van der Waals surface area contributed by atoms with Crippen molar-refractivity contribution >= 4 is 17.7 Å². The zero-order chi connectivity index (χ0) is 25.0. The Labute approximate surface area is 205 Å². The Balaban J connectivity index is 1.71. The average Bonchev–Trinajstić information content (AvgIpc) is 2.87. The fraction of sp³-hybridized carbons (Fsp3) is 0.250. The van der Waals surface area contributed by atoms with Gasteiger partial charge in [0.2, 0.25) is 17.7 Å². The molecule has 0 fully saturated rings. The lowest BCUT2D eigenvalue weighted by molar-refractivity contribution is -0.129. The predicted molar refractivity (Wildman–Crippen MR) is 136 cm³/mol. The Kier molecular flexibility index (Phi) is 9.57. The molecule has 7 heteroatoms. The number of rotatable bonds is 12. The normalized spacial score (nSPS) is 11.6. The van der Waals surface area contributed by atoms with Crippen LogP contribution in [0.1, 0.15) is 41.0 Å². The van der Waals surface area contributed by atoms with Gasteiger partial charge in [0.15, 0.2) is 0 Å². The van der Waals surface area contributed by atoms with Crippen LogP contribution in [-0.4, -0.2) is 30.3 Å². The molecule has 0 saturated carbocycles. The molecule has 3 aromatic rings. The quantitative estimate of drug-likeness (QED) is 0.323. The molecule has 0 saturated heterocycles. The van der Waals surface area contributed by atoms with Crippen LogP contribution >= 0.6 is 0 Å². The highest BCUT2D eigenvalue weighted by molar-refractivity contribution is 5.92. The Morgan fingerprint density at radius 3 is 1.80 bits per heavy atom. The number of hydrogen-bond donors (Lipinski definition) is 4. The molecule has 182 valence electrons. The molecule has 0 aliphatic rings. The average molecular weight is 473 g/mol. The van der Waals surface area contributed by atoms with E-state index in [0.717, 1.165) is 22.3 Å². The van der Waals surface area contributed by atoms with Gasteiger partial charge in [-0.05, 0) is 41.6 Å². The van der Waals surface area contributed by atoms with Gasteiger partial charge < -0.3 is 22.1 Å². The zero-order valence-corrected chi connectivity index (χ0v) is 19.7. The van der Waals surface area contributed by atoms with Crippen LogP contribution in [0.15, 0.2) is 84.9 Å². The van der Waals surface area contributed by atoms with Crippen LogP contribution in [0.3, 0.4) is 0 Å². The number of carbonyl (C=O) groups is 3. The van der Waals surface area contributed by atoms with Crippen LogP contribution in [0.2, 0.25) is 0 Å². The van der Waals surface area contributed by atoms with Crippen molar-refractivity contribution in [3.05, 3.63) is 107 Å². The fourth-order valence-electron chi connectivity index (χ4n) is 3.92. The Bertz CT molecular complexity index is 1060. The van der Waals surface area contributed by atoms with Gasteiger partial charge in [0.05, 0.1) is 12.3 Å². The van der Waals surface area contributed by atoms with Gasteiger partial charge in [0.25, 0.3) is 0 Å². The van der Waals surface area contributed by atoms with E-state index in [1.807, 2.05) is 84.9 Å². The van der Waals surface area contributed by atoms with E-state index in [4.69, 9.17) is 11.5 Å². The number of amides is 3. The number of nitrogens with one attached hydrogen (secondary N) is 2. The minimum Gasteiger partial charge on any atom is -0.369 e. The van der Waals surface area contributed by atoms with Gasteiger partial charge in [-0.1, -0.05) is 84.9 Å². The highest BCUT2D eigenvalue weighted by Gasteiger charge is 2.27. The summed E-state index contributed by atoms with van der Waals surface area (Å²) in [7, 11) is 0. The van der Waals surface area contributed by atoms with E-state index < -0.39 is 17.9 Å². The number of benzene rings is 3. The molecular formula is C28H32N4O3. The summed E-state index contributed by atoms with van der Waals surface area (Å²) in [6.45, 7) is 0.716. The second kappa shape index (κ2) is 13.1. The molecular weight excluding hydrogens is 440 g/mol. The van der Waals surface area contributed by atoms with Gasteiger partial charge in [-0.2, -0.15) is 0 Å². The Morgan fingerprint density at radius 1 is 0.743 bits per heavy atom. The molecule has 0 unspecified atom stereocenters. The minimum absolute atomic E-state index is 0.170. The van der Waals surface area contributed by atoms with Crippen molar-refractivity contribution in [1.29, 1.82) is 0 Å². The first-order chi connectivity index (χ1) is 17.0. The van der Waals surface area contributed by atoms with Crippen molar-refractivity contribution in [2.75, 3.05) is 6.54 Å². The van der Waals surface area contributed by atoms with Crippen LogP contribution in [0.4, 0.5) is 0 Å². The lowest BCUT2D eigenvalue weighted by Gasteiger charge is -2.23. The highest BCUT2D eigenvalue weighted by atomic mass is 16.2. The van der Waals surface area contributed by atoms with Gasteiger partial charge in [0.1, 0.15) is 6.04 Å². The first-order valence-electron chi connectivity index (χ1n) is 11.7. The zero-order valence-electron chi connectivity index (χ0n) is 19.7. The monoisotopic (exact) mass is 472 g/mol. The summed E-state index contributed by atoms with van der Waals surface area (Å²) in [5.41, 5.74) is 14.3. The predicted octanol–water partition coefficient (Wildman–Crippen LogP) is 2.39. The van der Waals surface area contributed by atoms with E-state index in [9.17, 15) is 14.4 Å². The topological polar surface area (TPSA) is 127 Å². The van der Waals surface area contributed by atoms with Crippen LogP contribution in [-0.2, 0) is 27.3 Å². The van der Waals surface area contributed by atoms with Crippen LogP contribution in [0.5, 0.6) is 0 Å². The summed E-state index contributed by atoms with van der Waals surface area (Å²) in [6, 6.07) is 25.6. The van der Waals surface area contributed by atoms with Crippen molar-refractivity contribution in [3.8, 4) is 0 Å². The second-order valence-electron chi connectivity index (χ2n) is 8.42. The molecule has 0 bridgehead atoms. The number of primary amides is 1. The van der Waals surface area contributed by atoms with Crippen molar-refractivity contribution in [1.82, 2.24) is 10.6 Å². The third-order valence-corrected chi connectivity index (χ3v) is 5.73. The number of carbonyl (C=O) groups excluding carboxylic acids is 3. The van der Waals surface area contributed by atoms with E-state index in [1.165, 1.54) is 0 Å². The molecule has 3 aromatic carbocycles. The summed E-state index contributed by atoms with van der Waals surface area (Å²) in [5.74, 6) is -1.44. The molecule has 3 amide bonds. The van der Waals surface area contributed by atoms with Gasteiger partial charge >= 0.3 is 0 Å². The molecule has 0 aromatic heterocycles. The lowest BCUT2D eigenvalue weighted by Crippen LogP contribution is -2.48. The first-order valence-corrected chi connectivity index (χ1v) is 11.7. The molecule has 0 aliphatic carbocycles. The fourth-order valence-corrected chi connectivity index (χ4v) is 3.92. The van der Waals surface area contributed by atoms with Gasteiger partial charge in [0, 0.05) is 6.54 Å². The smallest absolute Gasteiger partial charge is 0.242 e. The van der Waals surface area contributed by atoms with E-state index >= 15 is 0 Å². The maximum atomic E-state index is 13.5. The van der Waals surface area contributed by atoms with Crippen molar-refractivity contribution in [2.24, 2.45) is 11.5 Å². The molecule has 0 heterocycles. The summed E-state index contributed by atoms with van der Waals surface area (Å²) in [6.07, 6.45) is 1.20. The molecule has 0 aliphatic heterocycles. The van der Waals surface area contributed by atoms with Crippen LogP contribution < -0.4 is 22.1 Å². The first kappa shape index (κ1) is 25.6. The SMILES string of the molecule is NCCC[C@@H](NC(=O)C(c1ccccc1)c1ccccc1)C(=O)NCc1ccc(CC(N)=O)cc1. The lowest BCUT2D eigenvalue weighted by atomic mass is 9.90. The molecule has 0 spiro atoms. The summed E-state index contributed by atoms with van der Waals surface area (Å²) in [5, 5.41) is 5.86. The Hall–Kier alpha value is -3.97. The van der Waals surface area contributed by atoms with Crippen molar-refractivity contribution in [3.63, 3.8) is 0 Å². The van der Waals surface area contributed by atoms with E-state index in [2.05, 4.69) is 10.6 Å². The van der Waals surface area contributed by atoms with Crippen molar-refractivity contribution < 1.29 is 14.4 Å². The molecule has 7 nitrogen and oxygen atoms in total. The van der Waals surface area contributed by atoms with Gasteiger partial charge in [-0.3, -0.25) is 14.4 Å². The molecule has 35 heavy (non-hydrogen) atoms. The van der Waals surface area contributed by atoms with Crippen LogP contribution in [0, 0.1) is 0 Å². The van der Waals surface area contributed by atoms with E-state index in [0.29, 0.717) is 25.9 Å². The van der Waals surface area contributed by atoms with E-state index in [-0.39, 0.29) is 18.2 Å². The Morgan fingerprint density at radius 2 is 1.29 bits per heavy atom. The third kappa shape index (κ3) is 7.79. The number of nitrogens with two attached hydrogens (primary N) is 2. The molecule has 1 atom stereocenters. The largest absolute Gasteiger partial charge is 0.369 e. The molecule has 0 radical (unpaired) electrons. The highest BCUT2D eigenvalue weighted by Crippen LogP contribution is 2.25. The van der Waals surface area contributed by atoms with Gasteiger partial charge in [-0.25, -0.2) is 0 Å². The summed E-state index contributed by atoms with van der Waals surface area (Å²) in [4.78, 5) is 37.6. The molecule has 6 N–H and O–H groups in total. The van der Waals surface area contributed by atoms with Crippen molar-refractivity contribution in [2.45, 2.75) is 37.8 Å². The second-order valence-corrected chi connectivity index (χ2v) is 8.42. The standard InChI is InChI=1S/C28H32N4O3/c29-17-7-12-24(27(34)31-19-21-15-13-20(14-16-21)18-25(30)33)32-28(35)26(22-8-3-1-4-9-22)23-10-5-2-6-11-23/h1-6,8-11,13-16,24,26H,7,12,17-19,29H2,(H2,30,33)(H,31,34)(H,32,35)/t24-/m1/s1.